The lowest BCUT2D eigenvalue weighted by Crippen LogP contribution is -2.09. The van der Waals surface area contributed by atoms with Crippen molar-refractivity contribution in [2.24, 2.45) is 0 Å². The third-order valence-corrected chi connectivity index (χ3v) is 3.67. The van der Waals surface area contributed by atoms with E-state index in [1.54, 1.807) is 36.5 Å². The van der Waals surface area contributed by atoms with Gasteiger partial charge in [-0.1, -0.05) is 11.6 Å². The molecule has 0 unspecified atom stereocenters. The topological polar surface area (TPSA) is 84.7 Å². The van der Waals surface area contributed by atoms with E-state index in [9.17, 15) is 4.79 Å². The van der Waals surface area contributed by atoms with Crippen LogP contribution in [0.15, 0.2) is 51.5 Å². The van der Waals surface area contributed by atoms with Crippen LogP contribution in [-0.4, -0.2) is 15.0 Å². The fourth-order valence-corrected chi connectivity index (χ4v) is 2.54. The highest BCUT2D eigenvalue weighted by atomic mass is 35.5. The lowest BCUT2D eigenvalue weighted by atomic mass is 10.2. The molecule has 20 heavy (non-hydrogen) atoms. The number of aromatic amines is 1. The van der Waals surface area contributed by atoms with E-state index in [0.29, 0.717) is 31.8 Å². The number of anilines is 1. The van der Waals surface area contributed by atoms with Crippen molar-refractivity contribution >= 4 is 40.0 Å². The number of aromatic nitrogens is 3. The van der Waals surface area contributed by atoms with Gasteiger partial charge in [-0.05, 0) is 42.1 Å². The van der Waals surface area contributed by atoms with Gasteiger partial charge in [0.2, 0.25) is 0 Å². The van der Waals surface area contributed by atoms with E-state index < -0.39 is 0 Å². The molecule has 0 fully saturated rings. The standard InChI is InChI=1S/C13H9ClN4OS/c14-7-1-4-11(16-6-7)20-13-17-10-3-2-8(15)5-9(10)12(19)18-13/h1-6H,15H2,(H,17,18,19). The molecule has 0 spiro atoms. The molecule has 0 aliphatic rings. The highest BCUT2D eigenvalue weighted by molar-refractivity contribution is 7.99. The molecule has 100 valence electrons. The largest absolute Gasteiger partial charge is 0.399 e. The normalized spacial score (nSPS) is 10.8. The average Bonchev–Trinajstić information content (AvgIpc) is 2.42. The van der Waals surface area contributed by atoms with E-state index in [4.69, 9.17) is 17.3 Å². The van der Waals surface area contributed by atoms with Crippen LogP contribution in [-0.2, 0) is 0 Å². The number of nitrogen functional groups attached to an aromatic ring is 1. The van der Waals surface area contributed by atoms with E-state index in [-0.39, 0.29) is 5.56 Å². The molecule has 0 aliphatic heterocycles. The Morgan fingerprint density at radius 2 is 2.10 bits per heavy atom. The minimum Gasteiger partial charge on any atom is -0.399 e. The van der Waals surface area contributed by atoms with Gasteiger partial charge in [-0.25, -0.2) is 9.97 Å². The van der Waals surface area contributed by atoms with E-state index in [2.05, 4.69) is 15.0 Å². The van der Waals surface area contributed by atoms with Gasteiger partial charge in [-0.2, -0.15) is 0 Å². The van der Waals surface area contributed by atoms with Crippen LogP contribution in [0.4, 0.5) is 5.69 Å². The van der Waals surface area contributed by atoms with Gasteiger partial charge in [0.05, 0.1) is 15.9 Å². The highest BCUT2D eigenvalue weighted by Crippen LogP contribution is 2.24. The molecule has 0 bridgehead atoms. The molecule has 0 saturated carbocycles. The molecule has 0 radical (unpaired) electrons. The van der Waals surface area contributed by atoms with Crippen LogP contribution in [0.1, 0.15) is 0 Å². The summed E-state index contributed by atoms with van der Waals surface area (Å²) in [4.78, 5) is 23.2. The summed E-state index contributed by atoms with van der Waals surface area (Å²) in [6.07, 6.45) is 1.55. The van der Waals surface area contributed by atoms with Crippen molar-refractivity contribution < 1.29 is 0 Å². The van der Waals surface area contributed by atoms with Crippen molar-refractivity contribution in [3.63, 3.8) is 0 Å². The third kappa shape index (κ3) is 2.61. The van der Waals surface area contributed by atoms with Crippen LogP contribution in [0.5, 0.6) is 0 Å². The number of nitrogens with zero attached hydrogens (tertiary/aromatic N) is 2. The zero-order chi connectivity index (χ0) is 14.1. The molecular formula is C13H9ClN4OS. The first-order chi connectivity index (χ1) is 9.61. The van der Waals surface area contributed by atoms with Crippen LogP contribution < -0.4 is 11.3 Å². The van der Waals surface area contributed by atoms with Crippen molar-refractivity contribution in [1.29, 1.82) is 0 Å². The van der Waals surface area contributed by atoms with Gasteiger partial charge >= 0.3 is 0 Å². The molecule has 3 N–H and O–H groups in total. The molecule has 3 rings (SSSR count). The van der Waals surface area contributed by atoms with E-state index in [0.717, 1.165) is 0 Å². The summed E-state index contributed by atoms with van der Waals surface area (Å²) in [5.41, 5.74) is 6.57. The number of rotatable bonds is 2. The Morgan fingerprint density at radius 3 is 2.85 bits per heavy atom. The summed E-state index contributed by atoms with van der Waals surface area (Å²) < 4.78 is 0. The summed E-state index contributed by atoms with van der Waals surface area (Å²) in [5, 5.41) is 2.21. The van der Waals surface area contributed by atoms with E-state index in [1.807, 2.05) is 0 Å². The summed E-state index contributed by atoms with van der Waals surface area (Å²) >= 11 is 7.04. The van der Waals surface area contributed by atoms with Crippen molar-refractivity contribution in [2.75, 3.05) is 5.73 Å². The highest BCUT2D eigenvalue weighted by Gasteiger charge is 2.06. The fraction of sp³-hybridized carbons (Fsp3) is 0. The SMILES string of the molecule is Nc1ccc2nc(Sc3ccc(Cl)cn3)[nH]c(=O)c2c1. The summed E-state index contributed by atoms with van der Waals surface area (Å²) in [5.74, 6) is 0. The quantitative estimate of drug-likeness (QED) is 0.561. The maximum Gasteiger partial charge on any atom is 0.259 e. The number of benzene rings is 1. The first kappa shape index (κ1) is 13.0. The van der Waals surface area contributed by atoms with Gasteiger partial charge in [0.1, 0.15) is 5.03 Å². The zero-order valence-corrected chi connectivity index (χ0v) is 11.7. The Kier molecular flexibility index (Phi) is 3.33. The van der Waals surface area contributed by atoms with Crippen LogP contribution in [0.2, 0.25) is 5.02 Å². The van der Waals surface area contributed by atoms with Gasteiger partial charge in [0, 0.05) is 11.9 Å². The molecule has 7 heteroatoms. The first-order valence-electron chi connectivity index (χ1n) is 5.71. The van der Waals surface area contributed by atoms with Crippen LogP contribution in [0.3, 0.4) is 0 Å². The van der Waals surface area contributed by atoms with Gasteiger partial charge in [-0.3, -0.25) is 4.79 Å². The monoisotopic (exact) mass is 304 g/mol. The number of hydrogen-bond donors (Lipinski definition) is 2. The first-order valence-corrected chi connectivity index (χ1v) is 6.90. The summed E-state index contributed by atoms with van der Waals surface area (Å²) in [7, 11) is 0. The minimum atomic E-state index is -0.223. The third-order valence-electron chi connectivity index (χ3n) is 2.61. The number of H-pyrrole nitrogens is 1. The minimum absolute atomic E-state index is 0.223. The number of fused-ring (bicyclic) bond motifs is 1. The van der Waals surface area contributed by atoms with Gasteiger partial charge in [0.15, 0.2) is 5.16 Å². The number of nitrogens with one attached hydrogen (secondary N) is 1. The van der Waals surface area contributed by atoms with E-state index >= 15 is 0 Å². The Bertz CT molecular complexity index is 832. The second-order valence-electron chi connectivity index (χ2n) is 4.06. The fourth-order valence-electron chi connectivity index (χ4n) is 1.70. The Hall–Kier alpha value is -2.05. The van der Waals surface area contributed by atoms with Crippen LogP contribution in [0, 0.1) is 0 Å². The molecule has 5 nitrogen and oxygen atoms in total. The molecule has 2 heterocycles. The second kappa shape index (κ2) is 5.15. The Morgan fingerprint density at radius 1 is 1.25 bits per heavy atom. The molecule has 2 aromatic heterocycles. The number of nitrogens with two attached hydrogens (primary N) is 1. The molecule has 0 amide bonds. The molecule has 1 aromatic carbocycles. The van der Waals surface area contributed by atoms with Crippen LogP contribution >= 0.6 is 23.4 Å². The number of halogens is 1. The molecule has 0 saturated heterocycles. The van der Waals surface area contributed by atoms with Crippen molar-refractivity contribution in [3.05, 3.63) is 51.9 Å². The lowest BCUT2D eigenvalue weighted by Gasteiger charge is -2.03. The van der Waals surface area contributed by atoms with E-state index in [1.165, 1.54) is 11.8 Å². The van der Waals surface area contributed by atoms with Crippen molar-refractivity contribution in [2.45, 2.75) is 10.2 Å². The van der Waals surface area contributed by atoms with Crippen molar-refractivity contribution in [3.8, 4) is 0 Å². The molecular weight excluding hydrogens is 296 g/mol. The molecule has 0 aliphatic carbocycles. The second-order valence-corrected chi connectivity index (χ2v) is 5.51. The average molecular weight is 305 g/mol. The lowest BCUT2D eigenvalue weighted by molar-refractivity contribution is 0.967. The predicted molar refractivity (Wildman–Crippen MR) is 80.1 cm³/mol. The van der Waals surface area contributed by atoms with Gasteiger partial charge < -0.3 is 10.7 Å². The van der Waals surface area contributed by atoms with Gasteiger partial charge in [-0.15, -0.1) is 0 Å². The zero-order valence-electron chi connectivity index (χ0n) is 10.1. The maximum absolute atomic E-state index is 12.0. The number of hydrogen-bond acceptors (Lipinski definition) is 5. The Labute approximate surface area is 123 Å². The molecule has 3 aromatic rings. The van der Waals surface area contributed by atoms with Gasteiger partial charge in [0.25, 0.3) is 5.56 Å². The predicted octanol–water partition coefficient (Wildman–Crippen LogP) is 2.70. The summed E-state index contributed by atoms with van der Waals surface area (Å²) in [6, 6.07) is 8.54. The van der Waals surface area contributed by atoms with Crippen molar-refractivity contribution in [1.82, 2.24) is 15.0 Å². The smallest absolute Gasteiger partial charge is 0.259 e. The number of pyridine rings is 1. The summed E-state index contributed by atoms with van der Waals surface area (Å²) in [6.45, 7) is 0. The van der Waals surface area contributed by atoms with Crippen LogP contribution in [0.25, 0.3) is 10.9 Å². The molecule has 0 atom stereocenters. The Balaban J connectivity index is 2.02. The maximum atomic E-state index is 12.0.